The summed E-state index contributed by atoms with van der Waals surface area (Å²) in [6.07, 6.45) is 0.915. The Morgan fingerprint density at radius 3 is 2.93 bits per heavy atom. The highest BCUT2D eigenvalue weighted by molar-refractivity contribution is 5.60. The number of nitriles is 1. The molecular formula is C11H15N3. The quantitative estimate of drug-likeness (QED) is 0.707. The molecule has 14 heavy (non-hydrogen) atoms. The summed E-state index contributed by atoms with van der Waals surface area (Å²) in [5.74, 6) is 0. The predicted octanol–water partition coefficient (Wildman–Crippen LogP) is 1.63. The summed E-state index contributed by atoms with van der Waals surface area (Å²) < 4.78 is 0. The largest absolute Gasteiger partial charge is 0.384 e. The van der Waals surface area contributed by atoms with Gasteiger partial charge in [-0.15, -0.1) is 0 Å². The number of nitrogens with zero attached hydrogens (tertiary/aromatic N) is 1. The van der Waals surface area contributed by atoms with Crippen molar-refractivity contribution in [2.45, 2.75) is 13.3 Å². The van der Waals surface area contributed by atoms with Gasteiger partial charge in [-0.2, -0.15) is 5.26 Å². The summed E-state index contributed by atoms with van der Waals surface area (Å²) in [4.78, 5) is 0. The van der Waals surface area contributed by atoms with Gasteiger partial charge in [0.25, 0.3) is 0 Å². The average Bonchev–Trinajstić information content (AvgIpc) is 2.18. The molecule has 0 bridgehead atoms. The van der Waals surface area contributed by atoms with Crippen molar-refractivity contribution in [2.75, 3.05) is 18.4 Å². The van der Waals surface area contributed by atoms with E-state index in [1.807, 2.05) is 25.1 Å². The second-order valence-electron chi connectivity index (χ2n) is 3.18. The van der Waals surface area contributed by atoms with E-state index >= 15 is 0 Å². The van der Waals surface area contributed by atoms with Crippen LogP contribution < -0.4 is 11.1 Å². The molecule has 0 spiro atoms. The van der Waals surface area contributed by atoms with Gasteiger partial charge in [0.2, 0.25) is 0 Å². The lowest BCUT2D eigenvalue weighted by molar-refractivity contribution is 0.874. The first-order chi connectivity index (χ1) is 6.79. The Kier molecular flexibility index (Phi) is 3.96. The van der Waals surface area contributed by atoms with Gasteiger partial charge in [0.15, 0.2) is 0 Å². The SMILES string of the molecule is Cc1cccc(NCCCN)c1C#N. The molecule has 3 N–H and O–H groups in total. The van der Waals surface area contributed by atoms with E-state index in [0.29, 0.717) is 6.54 Å². The topological polar surface area (TPSA) is 61.8 Å². The van der Waals surface area contributed by atoms with Crippen molar-refractivity contribution in [3.63, 3.8) is 0 Å². The fourth-order valence-corrected chi connectivity index (χ4v) is 1.29. The van der Waals surface area contributed by atoms with Gasteiger partial charge in [-0.3, -0.25) is 0 Å². The Bertz CT molecular complexity index is 339. The number of benzene rings is 1. The van der Waals surface area contributed by atoms with E-state index in [2.05, 4.69) is 11.4 Å². The maximum absolute atomic E-state index is 8.94. The van der Waals surface area contributed by atoms with Gasteiger partial charge < -0.3 is 11.1 Å². The lowest BCUT2D eigenvalue weighted by Gasteiger charge is -2.08. The molecule has 0 aromatic heterocycles. The van der Waals surface area contributed by atoms with Crippen LogP contribution in [-0.2, 0) is 0 Å². The highest BCUT2D eigenvalue weighted by Gasteiger charge is 2.02. The minimum atomic E-state index is 0.667. The van der Waals surface area contributed by atoms with Crippen LogP contribution in [0, 0.1) is 18.3 Å². The van der Waals surface area contributed by atoms with Crippen molar-refractivity contribution in [1.82, 2.24) is 0 Å². The molecule has 0 atom stereocenters. The molecule has 74 valence electrons. The number of anilines is 1. The van der Waals surface area contributed by atoms with Crippen LogP contribution in [-0.4, -0.2) is 13.1 Å². The van der Waals surface area contributed by atoms with Gasteiger partial charge >= 0.3 is 0 Å². The zero-order valence-corrected chi connectivity index (χ0v) is 8.38. The number of nitrogens with two attached hydrogens (primary N) is 1. The van der Waals surface area contributed by atoms with E-state index in [1.165, 1.54) is 0 Å². The second-order valence-corrected chi connectivity index (χ2v) is 3.18. The summed E-state index contributed by atoms with van der Waals surface area (Å²) in [6, 6.07) is 8.00. The van der Waals surface area contributed by atoms with Crippen molar-refractivity contribution in [3.05, 3.63) is 29.3 Å². The number of hydrogen-bond acceptors (Lipinski definition) is 3. The Morgan fingerprint density at radius 1 is 1.50 bits per heavy atom. The normalized spacial score (nSPS) is 9.50. The van der Waals surface area contributed by atoms with Crippen molar-refractivity contribution < 1.29 is 0 Å². The monoisotopic (exact) mass is 189 g/mol. The van der Waals surface area contributed by atoms with Gasteiger partial charge in [0, 0.05) is 6.54 Å². The molecule has 0 saturated carbocycles. The smallest absolute Gasteiger partial charge is 0.102 e. The Hall–Kier alpha value is -1.53. The highest BCUT2D eigenvalue weighted by Crippen LogP contribution is 2.17. The molecule has 0 radical (unpaired) electrons. The molecule has 0 amide bonds. The second kappa shape index (κ2) is 5.25. The third-order valence-corrected chi connectivity index (χ3v) is 2.08. The molecule has 0 aliphatic heterocycles. The van der Waals surface area contributed by atoms with Crippen LogP contribution in [0.2, 0.25) is 0 Å². The van der Waals surface area contributed by atoms with Crippen LogP contribution in [0.3, 0.4) is 0 Å². The molecular weight excluding hydrogens is 174 g/mol. The third-order valence-electron chi connectivity index (χ3n) is 2.08. The van der Waals surface area contributed by atoms with Gasteiger partial charge in [0.05, 0.1) is 11.3 Å². The van der Waals surface area contributed by atoms with Gasteiger partial charge in [0.1, 0.15) is 6.07 Å². The summed E-state index contributed by atoms with van der Waals surface area (Å²) >= 11 is 0. The molecule has 1 aromatic rings. The fourth-order valence-electron chi connectivity index (χ4n) is 1.29. The fraction of sp³-hybridized carbons (Fsp3) is 0.364. The van der Waals surface area contributed by atoms with Crippen LogP contribution in [0.25, 0.3) is 0 Å². The predicted molar refractivity (Wildman–Crippen MR) is 58.1 cm³/mol. The highest BCUT2D eigenvalue weighted by atomic mass is 14.9. The van der Waals surface area contributed by atoms with E-state index in [1.54, 1.807) is 0 Å². The molecule has 0 saturated heterocycles. The van der Waals surface area contributed by atoms with E-state index < -0.39 is 0 Å². The number of nitrogens with one attached hydrogen (secondary N) is 1. The lowest BCUT2D eigenvalue weighted by Crippen LogP contribution is -2.09. The maximum atomic E-state index is 8.94. The van der Waals surface area contributed by atoms with E-state index in [4.69, 9.17) is 11.0 Å². The zero-order chi connectivity index (χ0) is 10.4. The van der Waals surface area contributed by atoms with Gasteiger partial charge in [-0.05, 0) is 31.5 Å². The van der Waals surface area contributed by atoms with Gasteiger partial charge in [-0.25, -0.2) is 0 Å². The first-order valence-electron chi connectivity index (χ1n) is 4.73. The standard InChI is InChI=1S/C11H15N3/c1-9-4-2-5-11(10(9)8-13)14-7-3-6-12/h2,4-5,14H,3,6-7,12H2,1H3. The average molecular weight is 189 g/mol. The van der Waals surface area contributed by atoms with E-state index in [-0.39, 0.29) is 0 Å². The van der Waals surface area contributed by atoms with Crippen LogP contribution in [0.15, 0.2) is 18.2 Å². The van der Waals surface area contributed by atoms with E-state index in [9.17, 15) is 0 Å². The molecule has 0 heterocycles. The van der Waals surface area contributed by atoms with E-state index in [0.717, 1.165) is 29.8 Å². The molecule has 0 aliphatic carbocycles. The number of rotatable bonds is 4. The van der Waals surface area contributed by atoms with Gasteiger partial charge in [-0.1, -0.05) is 12.1 Å². The Balaban J connectivity index is 2.76. The van der Waals surface area contributed by atoms with Crippen molar-refractivity contribution in [2.24, 2.45) is 5.73 Å². The van der Waals surface area contributed by atoms with Crippen LogP contribution in [0.4, 0.5) is 5.69 Å². The summed E-state index contributed by atoms with van der Waals surface area (Å²) in [5, 5.41) is 12.1. The van der Waals surface area contributed by atoms with Crippen molar-refractivity contribution >= 4 is 5.69 Å². The Morgan fingerprint density at radius 2 is 2.29 bits per heavy atom. The number of aryl methyl sites for hydroxylation is 1. The van der Waals surface area contributed by atoms with Crippen molar-refractivity contribution in [1.29, 1.82) is 5.26 Å². The summed E-state index contributed by atoms with van der Waals surface area (Å²) in [6.45, 7) is 3.42. The molecule has 1 rings (SSSR count). The minimum Gasteiger partial charge on any atom is -0.384 e. The summed E-state index contributed by atoms with van der Waals surface area (Å²) in [7, 11) is 0. The molecule has 0 unspecified atom stereocenters. The molecule has 0 aliphatic rings. The molecule has 3 nitrogen and oxygen atoms in total. The molecule has 0 fully saturated rings. The van der Waals surface area contributed by atoms with Crippen LogP contribution in [0.1, 0.15) is 17.5 Å². The van der Waals surface area contributed by atoms with Crippen LogP contribution >= 0.6 is 0 Å². The third kappa shape index (κ3) is 2.48. The lowest BCUT2D eigenvalue weighted by atomic mass is 10.1. The van der Waals surface area contributed by atoms with Crippen molar-refractivity contribution in [3.8, 4) is 6.07 Å². The van der Waals surface area contributed by atoms with Crippen LogP contribution in [0.5, 0.6) is 0 Å². The number of hydrogen-bond donors (Lipinski definition) is 2. The molecule has 1 aromatic carbocycles. The zero-order valence-electron chi connectivity index (χ0n) is 8.38. The minimum absolute atomic E-state index is 0.667. The molecule has 3 heteroatoms. The first-order valence-corrected chi connectivity index (χ1v) is 4.73. The first kappa shape index (κ1) is 10.6. The Labute approximate surface area is 84.5 Å². The summed E-state index contributed by atoms with van der Waals surface area (Å²) in [5.41, 5.74) is 8.02. The maximum Gasteiger partial charge on any atom is 0.102 e.